The summed E-state index contributed by atoms with van der Waals surface area (Å²) >= 11 is 1.53. The molecule has 0 spiro atoms. The highest BCUT2D eigenvalue weighted by molar-refractivity contribution is 7.12. The first kappa shape index (κ1) is 17.5. The normalized spacial score (nSPS) is 12.6. The van der Waals surface area contributed by atoms with Gasteiger partial charge in [-0.2, -0.15) is 0 Å². The van der Waals surface area contributed by atoms with Crippen LogP contribution in [0.2, 0.25) is 0 Å². The lowest BCUT2D eigenvalue weighted by Gasteiger charge is -2.20. The first-order chi connectivity index (χ1) is 13.1. The number of fused-ring (bicyclic) bond motifs is 1. The number of nitrogens with zero attached hydrogens (tertiary/aromatic N) is 3. The van der Waals surface area contributed by atoms with Crippen LogP contribution < -0.4 is 5.32 Å². The molecule has 0 saturated carbocycles. The zero-order valence-corrected chi connectivity index (χ0v) is 16.0. The fraction of sp³-hybridized carbons (Fsp3) is 0.250. The Morgan fingerprint density at radius 2 is 1.96 bits per heavy atom. The van der Waals surface area contributed by atoms with Crippen molar-refractivity contribution in [2.75, 3.05) is 0 Å². The topological polar surface area (TPSA) is 75.6 Å². The average Bonchev–Trinajstić information content (AvgIpc) is 3.38. The predicted octanol–water partition coefficient (Wildman–Crippen LogP) is 3.87. The number of imidazole rings is 1. The van der Waals surface area contributed by atoms with Crippen LogP contribution in [0, 0.1) is 5.92 Å². The molecule has 1 atom stereocenters. The number of thiazole rings is 1. The molecule has 1 unspecified atom stereocenters. The molecule has 138 valence electrons. The minimum Gasteiger partial charge on any atom is -0.346 e. The number of rotatable bonds is 6. The van der Waals surface area contributed by atoms with E-state index in [-0.39, 0.29) is 24.3 Å². The summed E-state index contributed by atoms with van der Waals surface area (Å²) in [5.74, 6) is 0.935. The molecule has 0 bridgehead atoms. The van der Waals surface area contributed by atoms with Gasteiger partial charge < -0.3 is 14.9 Å². The van der Waals surface area contributed by atoms with Crippen molar-refractivity contribution in [3.63, 3.8) is 0 Å². The highest BCUT2D eigenvalue weighted by atomic mass is 32.1. The Kier molecular flexibility index (Phi) is 4.77. The summed E-state index contributed by atoms with van der Waals surface area (Å²) in [6, 6.07) is 11.6. The van der Waals surface area contributed by atoms with E-state index in [0.717, 1.165) is 27.7 Å². The molecule has 1 aromatic carbocycles. The second kappa shape index (κ2) is 7.36. The second-order valence-corrected chi connectivity index (χ2v) is 7.65. The molecule has 0 aliphatic heterocycles. The van der Waals surface area contributed by atoms with Crippen molar-refractivity contribution in [1.82, 2.24) is 24.8 Å². The van der Waals surface area contributed by atoms with Gasteiger partial charge in [-0.25, -0.2) is 9.97 Å². The molecule has 0 aliphatic rings. The van der Waals surface area contributed by atoms with E-state index in [1.54, 1.807) is 0 Å². The van der Waals surface area contributed by atoms with Gasteiger partial charge >= 0.3 is 0 Å². The van der Waals surface area contributed by atoms with Gasteiger partial charge in [0.1, 0.15) is 5.82 Å². The molecule has 4 aromatic rings. The molecule has 0 saturated heterocycles. The van der Waals surface area contributed by atoms with Gasteiger partial charge in [-0.15, -0.1) is 11.3 Å². The molecule has 1 amide bonds. The van der Waals surface area contributed by atoms with Crippen LogP contribution in [0.3, 0.4) is 0 Å². The summed E-state index contributed by atoms with van der Waals surface area (Å²) in [5, 5.41) is 5.90. The van der Waals surface area contributed by atoms with E-state index in [4.69, 9.17) is 0 Å². The fourth-order valence-corrected chi connectivity index (χ4v) is 3.81. The lowest BCUT2D eigenvalue weighted by molar-refractivity contribution is -0.121. The molecular weight excluding hydrogens is 358 g/mol. The molecule has 7 heteroatoms. The minimum atomic E-state index is -0.174. The van der Waals surface area contributed by atoms with Crippen LogP contribution in [0.5, 0.6) is 0 Å². The molecule has 3 heterocycles. The Bertz CT molecular complexity index is 1010. The Morgan fingerprint density at radius 3 is 2.70 bits per heavy atom. The number of hydrogen-bond acceptors (Lipinski definition) is 4. The number of para-hydroxylation sites is 2. The first-order valence-corrected chi connectivity index (χ1v) is 9.80. The summed E-state index contributed by atoms with van der Waals surface area (Å²) in [5.41, 5.74) is 2.65. The van der Waals surface area contributed by atoms with Gasteiger partial charge in [-0.05, 0) is 30.2 Å². The summed E-state index contributed by atoms with van der Waals surface area (Å²) in [6.45, 7) is 4.15. The third-order valence-corrected chi connectivity index (χ3v) is 5.29. The van der Waals surface area contributed by atoms with Crippen LogP contribution in [0.15, 0.2) is 54.2 Å². The van der Waals surface area contributed by atoms with E-state index in [1.165, 1.54) is 11.3 Å². The maximum absolute atomic E-state index is 12.6. The smallest absolute Gasteiger partial charge is 0.226 e. The molecule has 0 fully saturated rings. The molecule has 0 radical (unpaired) electrons. The number of carbonyl (C=O) groups excluding carboxylic acids is 1. The molecule has 6 nitrogen and oxygen atoms in total. The van der Waals surface area contributed by atoms with Crippen molar-refractivity contribution in [3.05, 3.63) is 65.7 Å². The van der Waals surface area contributed by atoms with Crippen molar-refractivity contribution in [3.8, 4) is 5.13 Å². The number of carbonyl (C=O) groups is 1. The lowest BCUT2D eigenvalue weighted by Crippen LogP contribution is -2.33. The summed E-state index contributed by atoms with van der Waals surface area (Å²) in [4.78, 5) is 25.1. The molecular formula is C20H21N5OS. The number of benzene rings is 1. The minimum absolute atomic E-state index is 0.0569. The van der Waals surface area contributed by atoms with Crippen LogP contribution in [0.4, 0.5) is 0 Å². The number of nitrogens with one attached hydrogen (secondary N) is 2. The molecule has 4 rings (SSSR count). The number of H-pyrrole nitrogens is 1. The van der Waals surface area contributed by atoms with E-state index in [2.05, 4.69) is 34.1 Å². The summed E-state index contributed by atoms with van der Waals surface area (Å²) in [7, 11) is 0. The monoisotopic (exact) mass is 379 g/mol. The Labute approximate surface area is 161 Å². The Morgan fingerprint density at radius 1 is 1.19 bits per heavy atom. The first-order valence-electron chi connectivity index (χ1n) is 8.92. The average molecular weight is 379 g/mol. The Hall–Kier alpha value is -2.93. The van der Waals surface area contributed by atoms with Crippen LogP contribution in [-0.2, 0) is 11.2 Å². The maximum atomic E-state index is 12.6. The standard InChI is InChI=1S/C20H21N5OS/c1-13(2)18(19-22-15-7-3-4-8-16(15)23-19)24-17(26)11-14-12-27-20(21-14)25-9-5-6-10-25/h3-10,12-13,18H,11H2,1-2H3,(H,22,23)(H,24,26). The van der Waals surface area contributed by atoms with Gasteiger partial charge in [-0.1, -0.05) is 26.0 Å². The summed E-state index contributed by atoms with van der Waals surface area (Å²) < 4.78 is 1.94. The van der Waals surface area contributed by atoms with Crippen molar-refractivity contribution in [2.24, 2.45) is 5.92 Å². The fourth-order valence-electron chi connectivity index (χ4n) is 3.02. The van der Waals surface area contributed by atoms with Crippen molar-refractivity contribution in [2.45, 2.75) is 26.3 Å². The molecule has 2 N–H and O–H groups in total. The van der Waals surface area contributed by atoms with E-state index in [1.807, 2.05) is 58.7 Å². The quantitative estimate of drug-likeness (QED) is 0.534. The second-order valence-electron chi connectivity index (χ2n) is 6.82. The van der Waals surface area contributed by atoms with Crippen LogP contribution in [-0.4, -0.2) is 25.4 Å². The number of aromatic amines is 1. The number of aromatic nitrogens is 4. The highest BCUT2D eigenvalue weighted by Gasteiger charge is 2.22. The molecule has 0 aliphatic carbocycles. The zero-order chi connectivity index (χ0) is 18.8. The van der Waals surface area contributed by atoms with Gasteiger partial charge in [0, 0.05) is 17.8 Å². The third kappa shape index (κ3) is 3.78. The van der Waals surface area contributed by atoms with E-state index >= 15 is 0 Å². The van der Waals surface area contributed by atoms with Crippen molar-refractivity contribution >= 4 is 28.3 Å². The van der Waals surface area contributed by atoms with Gasteiger partial charge in [0.15, 0.2) is 5.13 Å². The maximum Gasteiger partial charge on any atom is 0.226 e. The molecule has 27 heavy (non-hydrogen) atoms. The van der Waals surface area contributed by atoms with Crippen LogP contribution in [0.1, 0.15) is 31.4 Å². The largest absolute Gasteiger partial charge is 0.346 e. The summed E-state index contributed by atoms with van der Waals surface area (Å²) in [6.07, 6.45) is 4.14. The highest BCUT2D eigenvalue weighted by Crippen LogP contribution is 2.22. The zero-order valence-electron chi connectivity index (χ0n) is 15.2. The van der Waals surface area contributed by atoms with Crippen LogP contribution >= 0.6 is 11.3 Å². The predicted molar refractivity (Wildman–Crippen MR) is 107 cm³/mol. The van der Waals surface area contributed by atoms with Crippen LogP contribution in [0.25, 0.3) is 16.2 Å². The van der Waals surface area contributed by atoms with E-state index < -0.39 is 0 Å². The Balaban J connectivity index is 1.48. The SMILES string of the molecule is CC(C)C(NC(=O)Cc1csc(-n2cccc2)n1)c1nc2ccccc2[nH]1. The molecule has 3 aromatic heterocycles. The van der Waals surface area contributed by atoms with Gasteiger partial charge in [0.2, 0.25) is 5.91 Å². The van der Waals surface area contributed by atoms with Crippen molar-refractivity contribution in [1.29, 1.82) is 0 Å². The van der Waals surface area contributed by atoms with Gasteiger partial charge in [0.05, 0.1) is 29.2 Å². The number of amides is 1. The lowest BCUT2D eigenvalue weighted by atomic mass is 10.0. The van der Waals surface area contributed by atoms with Crippen molar-refractivity contribution < 1.29 is 4.79 Å². The third-order valence-electron chi connectivity index (χ3n) is 4.39. The van der Waals surface area contributed by atoms with Gasteiger partial charge in [-0.3, -0.25) is 4.79 Å². The van der Waals surface area contributed by atoms with Gasteiger partial charge in [0.25, 0.3) is 0 Å². The van der Waals surface area contributed by atoms with E-state index in [0.29, 0.717) is 0 Å². The number of hydrogen-bond donors (Lipinski definition) is 2. The van der Waals surface area contributed by atoms with E-state index in [9.17, 15) is 4.79 Å².